The van der Waals surface area contributed by atoms with E-state index >= 15 is 0 Å². The van der Waals surface area contributed by atoms with Crippen LogP contribution in [0.3, 0.4) is 0 Å². The molecule has 124 valence electrons. The molecular formula is C16H25NO4S. The van der Waals surface area contributed by atoms with Crippen LogP contribution in [0.5, 0.6) is 5.75 Å². The second kappa shape index (κ2) is 6.98. The van der Waals surface area contributed by atoms with Crippen molar-refractivity contribution in [3.8, 4) is 5.75 Å². The molecule has 6 heteroatoms. The number of nitrogens with one attached hydrogen (secondary N) is 1. The molecule has 1 atom stereocenters. The fraction of sp³-hybridized carbons (Fsp3) is 0.625. The zero-order valence-corrected chi connectivity index (χ0v) is 14.5. The Morgan fingerprint density at radius 3 is 2.68 bits per heavy atom. The van der Waals surface area contributed by atoms with Gasteiger partial charge in [0, 0.05) is 13.2 Å². The number of hydrogen-bond donors (Lipinski definition) is 1. The summed E-state index contributed by atoms with van der Waals surface area (Å²) in [4.78, 5) is 0.197. The molecule has 0 bridgehead atoms. The van der Waals surface area contributed by atoms with E-state index in [1.807, 2.05) is 20.8 Å². The molecule has 0 radical (unpaired) electrons. The Hall–Kier alpha value is -1.11. The standard InChI is InChI=1S/C16H25NO4S/c1-11(2)14-9-16(15(20-4)8-12(14)3)22(18,19)17-10-13-6-5-7-21-13/h8-9,11,13,17H,5-7,10H2,1-4H3/t13-/m1/s1. The molecule has 0 unspecified atom stereocenters. The van der Waals surface area contributed by atoms with Crippen LogP contribution in [0.15, 0.2) is 17.0 Å². The fourth-order valence-corrected chi connectivity index (χ4v) is 4.00. The molecule has 1 aliphatic heterocycles. The average Bonchev–Trinajstić information content (AvgIpc) is 2.97. The number of methoxy groups -OCH3 is 1. The summed E-state index contributed by atoms with van der Waals surface area (Å²) in [5, 5.41) is 0. The third kappa shape index (κ3) is 3.80. The molecule has 0 saturated carbocycles. The average molecular weight is 327 g/mol. The molecule has 1 aromatic rings. The van der Waals surface area contributed by atoms with Gasteiger partial charge in [0.2, 0.25) is 10.0 Å². The van der Waals surface area contributed by atoms with Gasteiger partial charge in [-0.25, -0.2) is 13.1 Å². The fourth-order valence-electron chi connectivity index (χ4n) is 2.75. The van der Waals surface area contributed by atoms with Gasteiger partial charge in [0.25, 0.3) is 0 Å². The lowest BCUT2D eigenvalue weighted by molar-refractivity contribution is 0.114. The lowest BCUT2D eigenvalue weighted by atomic mass is 9.98. The molecule has 0 aliphatic carbocycles. The van der Waals surface area contributed by atoms with Crippen molar-refractivity contribution in [2.24, 2.45) is 0 Å². The van der Waals surface area contributed by atoms with E-state index in [4.69, 9.17) is 9.47 Å². The first kappa shape index (κ1) is 17.2. The molecule has 1 aliphatic rings. The Bertz CT molecular complexity index is 619. The molecule has 1 heterocycles. The number of benzene rings is 1. The quantitative estimate of drug-likeness (QED) is 0.872. The third-order valence-electron chi connectivity index (χ3n) is 3.99. The van der Waals surface area contributed by atoms with Gasteiger partial charge in [0.1, 0.15) is 10.6 Å². The molecule has 1 fully saturated rings. The molecule has 1 N–H and O–H groups in total. The smallest absolute Gasteiger partial charge is 0.244 e. The van der Waals surface area contributed by atoms with E-state index in [1.165, 1.54) is 7.11 Å². The predicted octanol–water partition coefficient (Wildman–Crippen LogP) is 2.58. The van der Waals surface area contributed by atoms with Gasteiger partial charge in [0.15, 0.2) is 0 Å². The summed E-state index contributed by atoms with van der Waals surface area (Å²) < 4.78 is 38.6. The second-order valence-corrected chi connectivity index (χ2v) is 7.74. The number of sulfonamides is 1. The van der Waals surface area contributed by atoms with Crippen molar-refractivity contribution in [2.45, 2.75) is 50.5 Å². The predicted molar refractivity (Wildman–Crippen MR) is 86.0 cm³/mol. The van der Waals surface area contributed by atoms with Crippen molar-refractivity contribution in [1.82, 2.24) is 4.72 Å². The van der Waals surface area contributed by atoms with E-state index in [9.17, 15) is 8.42 Å². The molecule has 1 aromatic carbocycles. The van der Waals surface area contributed by atoms with Gasteiger partial charge in [-0.05, 0) is 48.9 Å². The van der Waals surface area contributed by atoms with Crippen LogP contribution in [-0.2, 0) is 14.8 Å². The van der Waals surface area contributed by atoms with Gasteiger partial charge in [0.05, 0.1) is 13.2 Å². The van der Waals surface area contributed by atoms with Crippen molar-refractivity contribution in [2.75, 3.05) is 20.3 Å². The van der Waals surface area contributed by atoms with E-state index < -0.39 is 10.0 Å². The van der Waals surface area contributed by atoms with Crippen molar-refractivity contribution in [1.29, 1.82) is 0 Å². The summed E-state index contributed by atoms with van der Waals surface area (Å²) in [5.74, 6) is 0.625. The first-order valence-electron chi connectivity index (χ1n) is 7.65. The van der Waals surface area contributed by atoms with Gasteiger partial charge in [-0.3, -0.25) is 0 Å². The molecular weight excluding hydrogens is 302 g/mol. The molecule has 0 amide bonds. The Labute approximate surface area is 133 Å². The lowest BCUT2D eigenvalue weighted by Crippen LogP contribution is -2.32. The summed E-state index contributed by atoms with van der Waals surface area (Å²) in [5.41, 5.74) is 2.04. The summed E-state index contributed by atoms with van der Waals surface area (Å²) in [6.07, 6.45) is 1.85. The summed E-state index contributed by atoms with van der Waals surface area (Å²) in [6.45, 7) is 7.07. The molecule has 0 spiro atoms. The van der Waals surface area contributed by atoms with Crippen molar-refractivity contribution >= 4 is 10.0 Å². The van der Waals surface area contributed by atoms with Gasteiger partial charge >= 0.3 is 0 Å². The highest BCUT2D eigenvalue weighted by Crippen LogP contribution is 2.31. The highest BCUT2D eigenvalue weighted by molar-refractivity contribution is 7.89. The molecule has 0 aromatic heterocycles. The van der Waals surface area contributed by atoms with E-state index in [2.05, 4.69) is 4.72 Å². The summed E-state index contributed by atoms with van der Waals surface area (Å²) >= 11 is 0. The molecule has 2 rings (SSSR count). The van der Waals surface area contributed by atoms with E-state index in [1.54, 1.807) is 12.1 Å². The van der Waals surface area contributed by atoms with Gasteiger partial charge < -0.3 is 9.47 Å². The van der Waals surface area contributed by atoms with Crippen LogP contribution in [-0.4, -0.2) is 34.8 Å². The lowest BCUT2D eigenvalue weighted by Gasteiger charge is -2.17. The first-order chi connectivity index (χ1) is 10.3. The molecule has 22 heavy (non-hydrogen) atoms. The van der Waals surface area contributed by atoms with Crippen molar-refractivity contribution in [3.63, 3.8) is 0 Å². The Morgan fingerprint density at radius 2 is 2.14 bits per heavy atom. The van der Waals surface area contributed by atoms with Crippen LogP contribution >= 0.6 is 0 Å². The minimum atomic E-state index is -3.62. The zero-order chi connectivity index (χ0) is 16.3. The van der Waals surface area contributed by atoms with Gasteiger partial charge in [-0.1, -0.05) is 13.8 Å². The number of hydrogen-bond acceptors (Lipinski definition) is 4. The maximum absolute atomic E-state index is 12.6. The number of aryl methyl sites for hydroxylation is 1. The largest absolute Gasteiger partial charge is 0.495 e. The Kier molecular flexibility index (Phi) is 5.47. The van der Waals surface area contributed by atoms with Crippen LogP contribution in [0.25, 0.3) is 0 Å². The Morgan fingerprint density at radius 1 is 1.41 bits per heavy atom. The third-order valence-corrected chi connectivity index (χ3v) is 5.43. The monoisotopic (exact) mass is 327 g/mol. The van der Waals surface area contributed by atoms with E-state index in [0.29, 0.717) is 18.9 Å². The summed E-state index contributed by atoms with van der Waals surface area (Å²) in [6, 6.07) is 3.51. The number of ether oxygens (including phenoxy) is 2. The van der Waals surface area contributed by atoms with Crippen molar-refractivity contribution in [3.05, 3.63) is 23.3 Å². The first-order valence-corrected chi connectivity index (χ1v) is 9.13. The summed E-state index contributed by atoms with van der Waals surface area (Å²) in [7, 11) is -2.13. The highest BCUT2D eigenvalue weighted by Gasteiger charge is 2.24. The number of rotatable bonds is 6. The van der Waals surface area contributed by atoms with Crippen LogP contribution < -0.4 is 9.46 Å². The van der Waals surface area contributed by atoms with Crippen LogP contribution in [0.4, 0.5) is 0 Å². The second-order valence-electron chi connectivity index (χ2n) is 6.00. The zero-order valence-electron chi connectivity index (χ0n) is 13.7. The van der Waals surface area contributed by atoms with Crippen LogP contribution in [0, 0.1) is 6.92 Å². The minimum absolute atomic E-state index is 0.0317. The van der Waals surface area contributed by atoms with E-state index in [0.717, 1.165) is 24.0 Å². The van der Waals surface area contributed by atoms with Crippen molar-refractivity contribution < 1.29 is 17.9 Å². The Balaban J connectivity index is 2.29. The van der Waals surface area contributed by atoms with Crippen LogP contribution in [0.1, 0.15) is 43.7 Å². The topological polar surface area (TPSA) is 64.6 Å². The SMILES string of the molecule is COc1cc(C)c(C(C)C)cc1S(=O)(=O)NC[C@H]1CCCO1. The van der Waals surface area contributed by atoms with Crippen LogP contribution in [0.2, 0.25) is 0 Å². The van der Waals surface area contributed by atoms with Gasteiger partial charge in [-0.15, -0.1) is 0 Å². The molecule has 5 nitrogen and oxygen atoms in total. The van der Waals surface area contributed by atoms with Gasteiger partial charge in [-0.2, -0.15) is 0 Å². The normalized spacial score (nSPS) is 18.9. The molecule has 1 saturated heterocycles. The minimum Gasteiger partial charge on any atom is -0.495 e. The van der Waals surface area contributed by atoms with E-state index in [-0.39, 0.29) is 16.9 Å². The highest BCUT2D eigenvalue weighted by atomic mass is 32.2. The maximum atomic E-state index is 12.6. The maximum Gasteiger partial charge on any atom is 0.244 e.